The van der Waals surface area contributed by atoms with Crippen molar-refractivity contribution in [2.45, 2.75) is 13.0 Å². The molecule has 0 bridgehead atoms. The molecule has 0 aromatic heterocycles. The molecule has 0 spiro atoms. The van der Waals surface area contributed by atoms with Crippen molar-refractivity contribution < 1.29 is 23.8 Å². The SMILES string of the molecule is COC(=O)[C@H](C)Oc1cc(OC)cc(C(N)=O)c1. The third-order valence-electron chi connectivity index (χ3n) is 2.25. The van der Waals surface area contributed by atoms with Gasteiger partial charge in [-0.2, -0.15) is 0 Å². The highest BCUT2D eigenvalue weighted by molar-refractivity contribution is 5.93. The van der Waals surface area contributed by atoms with E-state index >= 15 is 0 Å². The van der Waals surface area contributed by atoms with Gasteiger partial charge < -0.3 is 19.9 Å². The maximum Gasteiger partial charge on any atom is 0.346 e. The van der Waals surface area contributed by atoms with E-state index < -0.39 is 18.0 Å². The van der Waals surface area contributed by atoms with Gasteiger partial charge >= 0.3 is 5.97 Å². The first kappa shape index (κ1) is 13.8. The minimum absolute atomic E-state index is 0.237. The standard InChI is InChI=1S/C12H15NO5/c1-7(12(15)17-3)18-10-5-8(11(13)14)4-9(6-10)16-2/h4-7H,1-3H3,(H2,13,14)/t7-/m0/s1. The van der Waals surface area contributed by atoms with Gasteiger partial charge in [0.05, 0.1) is 14.2 Å². The van der Waals surface area contributed by atoms with Crippen LogP contribution in [-0.4, -0.2) is 32.2 Å². The first-order valence-corrected chi connectivity index (χ1v) is 5.21. The summed E-state index contributed by atoms with van der Waals surface area (Å²) >= 11 is 0. The molecule has 0 heterocycles. The third-order valence-corrected chi connectivity index (χ3v) is 2.25. The van der Waals surface area contributed by atoms with Crippen LogP contribution in [0.3, 0.4) is 0 Å². The van der Waals surface area contributed by atoms with Crippen LogP contribution in [0.4, 0.5) is 0 Å². The van der Waals surface area contributed by atoms with Crippen molar-refractivity contribution in [2.75, 3.05) is 14.2 Å². The summed E-state index contributed by atoms with van der Waals surface area (Å²) in [5.74, 6) is -0.401. The number of hydrogen-bond acceptors (Lipinski definition) is 5. The van der Waals surface area contributed by atoms with Gasteiger partial charge in [-0.15, -0.1) is 0 Å². The number of carbonyl (C=O) groups excluding carboxylic acids is 2. The minimum atomic E-state index is -0.789. The fourth-order valence-corrected chi connectivity index (χ4v) is 1.32. The van der Waals surface area contributed by atoms with Gasteiger partial charge in [0.2, 0.25) is 5.91 Å². The Morgan fingerprint density at radius 2 is 1.78 bits per heavy atom. The molecule has 0 aliphatic rings. The molecular weight excluding hydrogens is 238 g/mol. The molecule has 1 rings (SSSR count). The zero-order valence-corrected chi connectivity index (χ0v) is 10.4. The Hall–Kier alpha value is -2.24. The number of methoxy groups -OCH3 is 2. The van der Waals surface area contributed by atoms with Gasteiger partial charge in [0.15, 0.2) is 6.10 Å². The monoisotopic (exact) mass is 253 g/mol. The normalized spacial score (nSPS) is 11.5. The molecule has 0 saturated heterocycles. The number of esters is 1. The van der Waals surface area contributed by atoms with Crippen molar-refractivity contribution in [1.29, 1.82) is 0 Å². The van der Waals surface area contributed by atoms with E-state index in [2.05, 4.69) is 4.74 Å². The molecule has 6 heteroatoms. The van der Waals surface area contributed by atoms with E-state index in [4.69, 9.17) is 15.2 Å². The van der Waals surface area contributed by atoms with Gasteiger partial charge in [-0.25, -0.2) is 4.79 Å². The Morgan fingerprint density at radius 1 is 1.17 bits per heavy atom. The maximum atomic E-state index is 11.2. The average molecular weight is 253 g/mol. The lowest BCUT2D eigenvalue weighted by molar-refractivity contribution is -0.147. The van der Waals surface area contributed by atoms with Crippen molar-refractivity contribution in [3.63, 3.8) is 0 Å². The van der Waals surface area contributed by atoms with Gasteiger partial charge in [-0.3, -0.25) is 4.79 Å². The second-order valence-corrected chi connectivity index (χ2v) is 3.54. The summed E-state index contributed by atoms with van der Waals surface area (Å²) in [6.45, 7) is 1.54. The van der Waals surface area contributed by atoms with E-state index in [1.54, 1.807) is 6.07 Å². The van der Waals surface area contributed by atoms with Crippen molar-refractivity contribution in [3.8, 4) is 11.5 Å². The van der Waals surface area contributed by atoms with E-state index in [-0.39, 0.29) is 5.56 Å². The maximum absolute atomic E-state index is 11.2. The zero-order valence-electron chi connectivity index (χ0n) is 10.4. The van der Waals surface area contributed by atoms with Gasteiger partial charge in [0.1, 0.15) is 11.5 Å². The summed E-state index contributed by atoms with van der Waals surface area (Å²) in [5, 5.41) is 0. The Labute approximate surface area is 105 Å². The Kier molecular flexibility index (Phi) is 4.53. The van der Waals surface area contributed by atoms with Crippen molar-refractivity contribution in [3.05, 3.63) is 23.8 Å². The quantitative estimate of drug-likeness (QED) is 0.782. The van der Waals surface area contributed by atoms with E-state index in [9.17, 15) is 9.59 Å². The number of amides is 1. The van der Waals surface area contributed by atoms with Crippen LogP contribution in [0.1, 0.15) is 17.3 Å². The fourth-order valence-electron chi connectivity index (χ4n) is 1.32. The van der Waals surface area contributed by atoms with Crippen LogP contribution in [-0.2, 0) is 9.53 Å². The summed E-state index contributed by atoms with van der Waals surface area (Å²) < 4.78 is 14.9. The van der Waals surface area contributed by atoms with Crippen molar-refractivity contribution >= 4 is 11.9 Å². The molecular formula is C12H15NO5. The lowest BCUT2D eigenvalue weighted by atomic mass is 10.2. The molecule has 18 heavy (non-hydrogen) atoms. The molecule has 1 aromatic carbocycles. The largest absolute Gasteiger partial charge is 0.497 e. The molecule has 0 fully saturated rings. The van der Waals surface area contributed by atoms with Gasteiger partial charge in [-0.05, 0) is 19.1 Å². The molecule has 98 valence electrons. The smallest absolute Gasteiger partial charge is 0.346 e. The molecule has 0 radical (unpaired) electrons. The fraction of sp³-hybridized carbons (Fsp3) is 0.333. The molecule has 0 saturated carbocycles. The second-order valence-electron chi connectivity index (χ2n) is 3.54. The third kappa shape index (κ3) is 3.38. The van der Waals surface area contributed by atoms with E-state index in [1.165, 1.54) is 33.3 Å². The highest BCUT2D eigenvalue weighted by atomic mass is 16.6. The van der Waals surface area contributed by atoms with Crippen LogP contribution in [0.2, 0.25) is 0 Å². The topological polar surface area (TPSA) is 87.8 Å². The predicted octanol–water partition coefficient (Wildman–Crippen LogP) is 0.734. The van der Waals surface area contributed by atoms with Crippen molar-refractivity contribution in [1.82, 2.24) is 0 Å². The second kappa shape index (κ2) is 5.90. The molecule has 0 aliphatic carbocycles. The Bertz CT molecular complexity index is 458. The summed E-state index contributed by atoms with van der Waals surface area (Å²) in [4.78, 5) is 22.3. The summed E-state index contributed by atoms with van der Waals surface area (Å²) in [7, 11) is 2.72. The Balaban J connectivity index is 2.98. The lowest BCUT2D eigenvalue weighted by Gasteiger charge is -2.14. The number of ether oxygens (including phenoxy) is 3. The van der Waals surface area contributed by atoms with Gasteiger partial charge in [-0.1, -0.05) is 0 Å². The minimum Gasteiger partial charge on any atom is -0.497 e. The van der Waals surface area contributed by atoms with Crippen LogP contribution < -0.4 is 15.2 Å². The Morgan fingerprint density at radius 3 is 2.28 bits per heavy atom. The molecule has 1 atom stereocenters. The van der Waals surface area contributed by atoms with Crippen LogP contribution in [0.25, 0.3) is 0 Å². The van der Waals surface area contributed by atoms with Gasteiger partial charge in [0, 0.05) is 11.6 Å². The molecule has 1 amide bonds. The molecule has 2 N–H and O–H groups in total. The number of primary amides is 1. The van der Waals surface area contributed by atoms with Crippen LogP contribution in [0, 0.1) is 0 Å². The first-order valence-electron chi connectivity index (χ1n) is 5.21. The van der Waals surface area contributed by atoms with E-state index in [0.29, 0.717) is 11.5 Å². The summed E-state index contributed by atoms with van der Waals surface area (Å²) in [6.07, 6.45) is -0.789. The first-order chi connectivity index (χ1) is 8.47. The molecule has 0 unspecified atom stereocenters. The number of benzene rings is 1. The average Bonchev–Trinajstić information content (AvgIpc) is 2.36. The summed E-state index contributed by atoms with van der Waals surface area (Å²) in [5.41, 5.74) is 5.42. The predicted molar refractivity (Wildman–Crippen MR) is 63.6 cm³/mol. The lowest BCUT2D eigenvalue weighted by Crippen LogP contribution is -2.25. The zero-order chi connectivity index (χ0) is 13.7. The van der Waals surface area contributed by atoms with Crippen LogP contribution in [0.15, 0.2) is 18.2 Å². The number of nitrogens with two attached hydrogens (primary N) is 1. The number of hydrogen-bond donors (Lipinski definition) is 1. The van der Waals surface area contributed by atoms with Crippen molar-refractivity contribution in [2.24, 2.45) is 5.73 Å². The number of carbonyl (C=O) groups is 2. The van der Waals surface area contributed by atoms with E-state index in [0.717, 1.165) is 0 Å². The van der Waals surface area contributed by atoms with Crippen LogP contribution in [0.5, 0.6) is 11.5 Å². The van der Waals surface area contributed by atoms with Crippen LogP contribution >= 0.6 is 0 Å². The highest BCUT2D eigenvalue weighted by Crippen LogP contribution is 2.23. The van der Waals surface area contributed by atoms with Gasteiger partial charge in [0.25, 0.3) is 0 Å². The summed E-state index contributed by atoms with van der Waals surface area (Å²) in [6, 6.07) is 4.47. The molecule has 0 aliphatic heterocycles. The molecule has 1 aromatic rings. The van der Waals surface area contributed by atoms with E-state index in [1.807, 2.05) is 0 Å². The molecule has 6 nitrogen and oxygen atoms in total. The highest BCUT2D eigenvalue weighted by Gasteiger charge is 2.16. The number of rotatable bonds is 5.